The number of carbonyl (C=O) groups excluding carboxylic acids is 1. The van der Waals surface area contributed by atoms with Crippen LogP contribution in [0.2, 0.25) is 0 Å². The molecule has 0 radical (unpaired) electrons. The molecule has 1 aromatic carbocycles. The maximum atomic E-state index is 12.8. The molecule has 0 saturated carbocycles. The van der Waals surface area contributed by atoms with Crippen molar-refractivity contribution in [3.05, 3.63) is 82.4 Å². The number of amides is 1. The second-order valence-corrected chi connectivity index (χ2v) is 7.27. The zero-order valence-corrected chi connectivity index (χ0v) is 17.0. The van der Waals surface area contributed by atoms with Gasteiger partial charge in [-0.1, -0.05) is 18.2 Å². The molecule has 0 saturated heterocycles. The maximum absolute atomic E-state index is 12.8. The third-order valence-corrected chi connectivity index (χ3v) is 5.03. The Morgan fingerprint density at radius 2 is 1.73 bits per heavy atom. The first-order chi connectivity index (χ1) is 14.1. The van der Waals surface area contributed by atoms with E-state index in [1.165, 1.54) is 11.6 Å². The Balaban J connectivity index is 1.76. The Bertz CT molecular complexity index is 1030. The molecular weight excluding hydrogens is 393 g/mol. The van der Waals surface area contributed by atoms with Crippen molar-refractivity contribution in [3.63, 3.8) is 0 Å². The molecule has 30 heavy (non-hydrogen) atoms. The largest absolute Gasteiger partial charge is 0.435 e. The highest BCUT2D eigenvalue weighted by Crippen LogP contribution is 2.28. The van der Waals surface area contributed by atoms with Crippen molar-refractivity contribution in [1.29, 1.82) is 0 Å². The van der Waals surface area contributed by atoms with E-state index in [0.717, 1.165) is 28.3 Å². The van der Waals surface area contributed by atoms with Gasteiger partial charge in [-0.3, -0.25) is 14.5 Å². The number of carbonyl (C=O) groups is 1. The van der Waals surface area contributed by atoms with E-state index in [4.69, 9.17) is 0 Å². The molecule has 0 aliphatic rings. The maximum Gasteiger partial charge on any atom is 0.435 e. The van der Waals surface area contributed by atoms with E-state index in [1.807, 2.05) is 44.2 Å². The van der Waals surface area contributed by atoms with Crippen molar-refractivity contribution in [3.8, 4) is 0 Å². The van der Waals surface area contributed by atoms with Crippen molar-refractivity contribution in [2.24, 2.45) is 0 Å². The summed E-state index contributed by atoms with van der Waals surface area (Å²) in [7, 11) is 0. The predicted molar refractivity (Wildman–Crippen MR) is 107 cm³/mol. The van der Waals surface area contributed by atoms with E-state index in [-0.39, 0.29) is 24.9 Å². The molecule has 0 fully saturated rings. The number of benzene rings is 1. The average molecular weight is 416 g/mol. The fourth-order valence-corrected chi connectivity index (χ4v) is 3.17. The van der Waals surface area contributed by atoms with E-state index < -0.39 is 11.9 Å². The number of aromatic nitrogens is 3. The van der Waals surface area contributed by atoms with Gasteiger partial charge in [-0.2, -0.15) is 18.3 Å². The molecule has 0 unspecified atom stereocenters. The summed E-state index contributed by atoms with van der Waals surface area (Å²) in [6.45, 7) is 5.61. The molecule has 3 aromatic rings. The number of aryl methyl sites for hydroxylation is 4. The van der Waals surface area contributed by atoms with Gasteiger partial charge in [0.1, 0.15) is 0 Å². The fourth-order valence-electron chi connectivity index (χ4n) is 3.17. The molecule has 0 spiro atoms. The van der Waals surface area contributed by atoms with Crippen molar-refractivity contribution < 1.29 is 18.0 Å². The molecule has 8 heteroatoms. The summed E-state index contributed by atoms with van der Waals surface area (Å²) in [6.07, 6.45) is -1.19. The summed E-state index contributed by atoms with van der Waals surface area (Å²) < 4.78 is 39.7. The van der Waals surface area contributed by atoms with Gasteiger partial charge in [-0.05, 0) is 61.2 Å². The smallest absolute Gasteiger partial charge is 0.345 e. The molecule has 2 aromatic heterocycles. The first kappa shape index (κ1) is 21.5. The lowest BCUT2D eigenvalue weighted by atomic mass is 9.96. The minimum atomic E-state index is -4.51. The molecule has 2 heterocycles. The van der Waals surface area contributed by atoms with Gasteiger partial charge in [-0.25, -0.2) is 0 Å². The third-order valence-electron chi connectivity index (χ3n) is 5.03. The van der Waals surface area contributed by atoms with Crippen LogP contribution in [0, 0.1) is 20.8 Å². The van der Waals surface area contributed by atoms with Crippen molar-refractivity contribution in [2.45, 2.75) is 46.0 Å². The summed E-state index contributed by atoms with van der Waals surface area (Å²) in [5, 5.41) is 6.57. The van der Waals surface area contributed by atoms with Gasteiger partial charge >= 0.3 is 6.18 Å². The Hall–Kier alpha value is -3.16. The molecule has 1 amide bonds. The van der Waals surface area contributed by atoms with Crippen LogP contribution >= 0.6 is 0 Å². The number of halogens is 3. The van der Waals surface area contributed by atoms with Crippen molar-refractivity contribution in [1.82, 2.24) is 20.1 Å². The lowest BCUT2D eigenvalue weighted by Crippen LogP contribution is -2.30. The SMILES string of the molecule is Cc1ccc([C@H](NC(=O)CCn2nc(C(F)(F)F)cc2C)c2ccncc2)cc1C. The van der Waals surface area contributed by atoms with E-state index in [2.05, 4.69) is 15.4 Å². The normalized spacial score (nSPS) is 12.6. The van der Waals surface area contributed by atoms with Crippen LogP contribution in [0.5, 0.6) is 0 Å². The van der Waals surface area contributed by atoms with Crippen LogP contribution in [0.4, 0.5) is 13.2 Å². The second kappa shape index (κ2) is 8.69. The summed E-state index contributed by atoms with van der Waals surface area (Å²) in [4.78, 5) is 16.7. The van der Waals surface area contributed by atoms with Crippen molar-refractivity contribution in [2.75, 3.05) is 0 Å². The number of pyridine rings is 1. The molecule has 5 nitrogen and oxygen atoms in total. The minimum absolute atomic E-state index is 0.00619. The van der Waals surface area contributed by atoms with Gasteiger partial charge in [0.05, 0.1) is 6.04 Å². The minimum Gasteiger partial charge on any atom is -0.345 e. The lowest BCUT2D eigenvalue weighted by molar-refractivity contribution is -0.141. The summed E-state index contributed by atoms with van der Waals surface area (Å²) in [5.41, 5.74) is 3.45. The first-order valence-electron chi connectivity index (χ1n) is 9.53. The van der Waals surface area contributed by atoms with Gasteiger partial charge in [0.2, 0.25) is 5.91 Å². The number of nitrogens with one attached hydrogen (secondary N) is 1. The molecule has 0 aliphatic carbocycles. The fraction of sp³-hybridized carbons (Fsp3) is 0.318. The van der Waals surface area contributed by atoms with E-state index in [1.54, 1.807) is 12.4 Å². The van der Waals surface area contributed by atoms with E-state index >= 15 is 0 Å². The summed E-state index contributed by atoms with van der Waals surface area (Å²) in [6, 6.07) is 10.2. The monoisotopic (exact) mass is 416 g/mol. The van der Waals surface area contributed by atoms with Crippen LogP contribution < -0.4 is 5.32 Å². The predicted octanol–water partition coefficient (Wildman–Crippen LogP) is 4.52. The lowest BCUT2D eigenvalue weighted by Gasteiger charge is -2.21. The Morgan fingerprint density at radius 3 is 2.33 bits per heavy atom. The summed E-state index contributed by atoms with van der Waals surface area (Å²) >= 11 is 0. The number of hydrogen-bond donors (Lipinski definition) is 1. The van der Waals surface area contributed by atoms with Crippen LogP contribution in [0.3, 0.4) is 0 Å². The zero-order valence-electron chi connectivity index (χ0n) is 17.0. The van der Waals surface area contributed by atoms with E-state index in [0.29, 0.717) is 5.69 Å². The average Bonchev–Trinajstić information content (AvgIpc) is 3.08. The number of rotatable bonds is 6. The molecule has 158 valence electrons. The van der Waals surface area contributed by atoms with Crippen LogP contribution in [0.25, 0.3) is 0 Å². The Kier molecular flexibility index (Phi) is 6.24. The Labute approximate surface area is 173 Å². The van der Waals surface area contributed by atoms with Gasteiger partial charge < -0.3 is 5.32 Å². The second-order valence-electron chi connectivity index (χ2n) is 7.27. The highest BCUT2D eigenvalue weighted by Gasteiger charge is 2.34. The molecule has 1 N–H and O–H groups in total. The number of nitrogens with zero attached hydrogens (tertiary/aromatic N) is 3. The van der Waals surface area contributed by atoms with Gasteiger partial charge in [-0.15, -0.1) is 0 Å². The standard InChI is InChI=1S/C22H23F3N4O/c1-14-4-5-18(12-15(14)2)21(17-6-9-26-10-7-17)27-20(30)8-11-29-16(3)13-19(28-29)22(23,24)25/h4-7,9-10,12-13,21H,8,11H2,1-3H3,(H,27,30)/t21-/m1/s1. The van der Waals surface area contributed by atoms with Gasteiger partial charge in [0, 0.05) is 31.1 Å². The highest BCUT2D eigenvalue weighted by molar-refractivity contribution is 5.77. The van der Waals surface area contributed by atoms with Gasteiger partial charge in [0.15, 0.2) is 5.69 Å². The third kappa shape index (κ3) is 5.06. The van der Waals surface area contributed by atoms with Crippen LogP contribution in [-0.4, -0.2) is 20.7 Å². The van der Waals surface area contributed by atoms with Crippen LogP contribution in [0.1, 0.15) is 46.1 Å². The van der Waals surface area contributed by atoms with E-state index in [9.17, 15) is 18.0 Å². The number of hydrogen-bond acceptors (Lipinski definition) is 3. The molecular formula is C22H23F3N4O. The molecule has 0 bridgehead atoms. The first-order valence-corrected chi connectivity index (χ1v) is 9.53. The molecule has 0 aliphatic heterocycles. The summed E-state index contributed by atoms with van der Waals surface area (Å²) in [5.74, 6) is -0.279. The van der Waals surface area contributed by atoms with Gasteiger partial charge in [0.25, 0.3) is 0 Å². The number of alkyl halides is 3. The van der Waals surface area contributed by atoms with Crippen molar-refractivity contribution >= 4 is 5.91 Å². The molecule has 3 rings (SSSR count). The highest BCUT2D eigenvalue weighted by atomic mass is 19.4. The zero-order chi connectivity index (χ0) is 21.9. The Morgan fingerprint density at radius 1 is 1.03 bits per heavy atom. The molecule has 1 atom stereocenters. The van der Waals surface area contributed by atoms with Crippen LogP contribution in [0.15, 0.2) is 48.8 Å². The van der Waals surface area contributed by atoms with Crippen LogP contribution in [-0.2, 0) is 17.5 Å². The quantitative estimate of drug-likeness (QED) is 0.643. The topological polar surface area (TPSA) is 59.8 Å².